The van der Waals surface area contributed by atoms with Crippen LogP contribution in [0.15, 0.2) is 0 Å². The average molecular weight is 256 g/mol. The highest BCUT2D eigenvalue weighted by molar-refractivity contribution is 5.81. The number of aliphatic hydroxyl groups is 1. The Bertz CT molecular complexity index is 248. The van der Waals surface area contributed by atoms with E-state index in [9.17, 15) is 9.90 Å². The van der Waals surface area contributed by atoms with Crippen molar-refractivity contribution in [1.82, 2.24) is 10.2 Å². The summed E-state index contributed by atoms with van der Waals surface area (Å²) in [4.78, 5) is 14.0. The van der Waals surface area contributed by atoms with Crippen LogP contribution < -0.4 is 5.32 Å². The molecule has 4 heteroatoms. The zero-order chi connectivity index (χ0) is 13.5. The van der Waals surface area contributed by atoms with Gasteiger partial charge in [0.1, 0.15) is 0 Å². The van der Waals surface area contributed by atoms with Crippen LogP contribution in [0.1, 0.15) is 46.5 Å². The van der Waals surface area contributed by atoms with Crippen LogP contribution in [0.5, 0.6) is 0 Å². The van der Waals surface area contributed by atoms with E-state index in [1.807, 2.05) is 11.8 Å². The topological polar surface area (TPSA) is 52.6 Å². The first-order valence-electron chi connectivity index (χ1n) is 7.30. The number of carbonyl (C=O) groups is 1. The number of amides is 1. The van der Waals surface area contributed by atoms with E-state index in [0.717, 1.165) is 38.8 Å². The van der Waals surface area contributed by atoms with E-state index in [1.165, 1.54) is 0 Å². The normalized spacial score (nSPS) is 19.3. The van der Waals surface area contributed by atoms with E-state index in [2.05, 4.69) is 19.2 Å². The summed E-state index contributed by atoms with van der Waals surface area (Å²) >= 11 is 0. The first-order valence-corrected chi connectivity index (χ1v) is 7.30. The Morgan fingerprint density at radius 3 is 2.33 bits per heavy atom. The van der Waals surface area contributed by atoms with Crippen molar-refractivity contribution in [2.24, 2.45) is 5.92 Å². The summed E-state index contributed by atoms with van der Waals surface area (Å²) in [5, 5.41) is 13.2. The highest BCUT2D eigenvalue weighted by atomic mass is 16.3. The number of nitrogens with zero attached hydrogens (tertiary/aromatic N) is 1. The van der Waals surface area contributed by atoms with Crippen molar-refractivity contribution >= 4 is 5.91 Å². The number of rotatable bonds is 7. The maximum atomic E-state index is 12.0. The fourth-order valence-electron chi connectivity index (χ4n) is 2.60. The summed E-state index contributed by atoms with van der Waals surface area (Å²) in [6.45, 7) is 8.36. The van der Waals surface area contributed by atoms with E-state index >= 15 is 0 Å². The lowest BCUT2D eigenvalue weighted by Gasteiger charge is -2.25. The van der Waals surface area contributed by atoms with Crippen LogP contribution in [-0.2, 0) is 4.79 Å². The van der Waals surface area contributed by atoms with Crippen LogP contribution in [0, 0.1) is 5.92 Å². The van der Waals surface area contributed by atoms with Gasteiger partial charge in [-0.3, -0.25) is 4.79 Å². The van der Waals surface area contributed by atoms with Crippen molar-refractivity contribution in [3.63, 3.8) is 0 Å². The summed E-state index contributed by atoms with van der Waals surface area (Å²) in [6, 6.07) is -0.188. The van der Waals surface area contributed by atoms with Gasteiger partial charge in [0.25, 0.3) is 0 Å². The second kappa shape index (κ2) is 7.74. The van der Waals surface area contributed by atoms with Gasteiger partial charge in [-0.2, -0.15) is 0 Å². The van der Waals surface area contributed by atoms with Crippen molar-refractivity contribution in [2.75, 3.05) is 19.6 Å². The number of carbonyl (C=O) groups excluding carboxylic acids is 1. The maximum absolute atomic E-state index is 12.0. The number of likely N-dealkylation sites (tertiary alicyclic amines) is 1. The van der Waals surface area contributed by atoms with Gasteiger partial charge in [0.15, 0.2) is 0 Å². The molecule has 0 saturated carbocycles. The molecule has 1 saturated heterocycles. The van der Waals surface area contributed by atoms with Gasteiger partial charge in [-0.1, -0.05) is 26.7 Å². The third-order valence-corrected chi connectivity index (χ3v) is 4.01. The molecule has 2 unspecified atom stereocenters. The standard InChI is InChI=1S/C14H28N2O2/c1-4-12(5-2)13(17)10-15-11(3)14(18)16-8-6-7-9-16/h11-13,15,17H,4-10H2,1-3H3. The number of aliphatic hydroxyl groups excluding tert-OH is 1. The lowest BCUT2D eigenvalue weighted by molar-refractivity contribution is -0.132. The van der Waals surface area contributed by atoms with E-state index in [0.29, 0.717) is 12.5 Å². The van der Waals surface area contributed by atoms with E-state index in [1.54, 1.807) is 0 Å². The van der Waals surface area contributed by atoms with Gasteiger partial charge in [-0.15, -0.1) is 0 Å². The molecule has 4 nitrogen and oxygen atoms in total. The van der Waals surface area contributed by atoms with Gasteiger partial charge in [0.05, 0.1) is 12.1 Å². The third kappa shape index (κ3) is 4.25. The SMILES string of the molecule is CCC(CC)C(O)CNC(C)C(=O)N1CCCC1. The summed E-state index contributed by atoms with van der Waals surface area (Å²) in [5.41, 5.74) is 0. The smallest absolute Gasteiger partial charge is 0.239 e. The minimum atomic E-state index is -0.353. The van der Waals surface area contributed by atoms with Gasteiger partial charge in [0.2, 0.25) is 5.91 Å². The molecule has 18 heavy (non-hydrogen) atoms. The van der Waals surface area contributed by atoms with E-state index in [4.69, 9.17) is 0 Å². The Balaban J connectivity index is 2.31. The van der Waals surface area contributed by atoms with Crippen LogP contribution >= 0.6 is 0 Å². The molecule has 2 atom stereocenters. The van der Waals surface area contributed by atoms with Crippen LogP contribution in [-0.4, -0.2) is 47.7 Å². The summed E-state index contributed by atoms with van der Waals surface area (Å²) in [6.07, 6.45) is 3.85. The minimum absolute atomic E-state index is 0.171. The summed E-state index contributed by atoms with van der Waals surface area (Å²) in [7, 11) is 0. The first-order chi connectivity index (χ1) is 8.60. The predicted octanol–water partition coefficient (Wildman–Crippen LogP) is 1.38. The monoisotopic (exact) mass is 256 g/mol. The molecule has 1 aliphatic rings. The molecule has 0 aromatic heterocycles. The molecule has 1 amide bonds. The molecular weight excluding hydrogens is 228 g/mol. The zero-order valence-corrected chi connectivity index (χ0v) is 12.0. The highest BCUT2D eigenvalue weighted by Crippen LogP contribution is 2.13. The molecule has 106 valence electrons. The number of hydrogen-bond donors (Lipinski definition) is 2. The van der Waals surface area contributed by atoms with Gasteiger partial charge in [0, 0.05) is 19.6 Å². The molecule has 1 rings (SSSR count). The van der Waals surface area contributed by atoms with Crippen LogP contribution in [0.3, 0.4) is 0 Å². The zero-order valence-electron chi connectivity index (χ0n) is 12.0. The van der Waals surface area contributed by atoms with Gasteiger partial charge in [-0.05, 0) is 25.7 Å². The lowest BCUT2D eigenvalue weighted by atomic mass is 9.96. The van der Waals surface area contributed by atoms with E-state index < -0.39 is 0 Å². The Morgan fingerprint density at radius 2 is 1.83 bits per heavy atom. The molecular formula is C14H28N2O2. The van der Waals surface area contributed by atoms with Crippen LogP contribution in [0.25, 0.3) is 0 Å². The van der Waals surface area contributed by atoms with Crippen molar-refractivity contribution < 1.29 is 9.90 Å². The summed E-state index contributed by atoms with van der Waals surface area (Å²) < 4.78 is 0. The predicted molar refractivity (Wildman–Crippen MR) is 73.4 cm³/mol. The van der Waals surface area contributed by atoms with Crippen molar-refractivity contribution in [3.8, 4) is 0 Å². The second-order valence-electron chi connectivity index (χ2n) is 5.31. The molecule has 2 N–H and O–H groups in total. The molecule has 0 aromatic carbocycles. The molecule has 0 spiro atoms. The average Bonchev–Trinajstić information content (AvgIpc) is 2.90. The van der Waals surface area contributed by atoms with Crippen molar-refractivity contribution in [3.05, 3.63) is 0 Å². The van der Waals surface area contributed by atoms with Crippen LogP contribution in [0.2, 0.25) is 0 Å². The van der Waals surface area contributed by atoms with Gasteiger partial charge in [-0.25, -0.2) is 0 Å². The first kappa shape index (κ1) is 15.4. The fourth-order valence-corrected chi connectivity index (χ4v) is 2.60. The van der Waals surface area contributed by atoms with Crippen LogP contribution in [0.4, 0.5) is 0 Å². The molecule has 0 aromatic rings. The van der Waals surface area contributed by atoms with E-state index in [-0.39, 0.29) is 18.1 Å². The molecule has 0 bridgehead atoms. The largest absolute Gasteiger partial charge is 0.392 e. The molecule has 0 aliphatic carbocycles. The minimum Gasteiger partial charge on any atom is -0.392 e. The summed E-state index contributed by atoms with van der Waals surface area (Å²) in [5.74, 6) is 0.496. The molecule has 0 radical (unpaired) electrons. The van der Waals surface area contributed by atoms with Crippen molar-refractivity contribution in [1.29, 1.82) is 0 Å². The fraction of sp³-hybridized carbons (Fsp3) is 0.929. The highest BCUT2D eigenvalue weighted by Gasteiger charge is 2.24. The van der Waals surface area contributed by atoms with Crippen molar-refractivity contribution in [2.45, 2.75) is 58.6 Å². The Hall–Kier alpha value is -0.610. The third-order valence-electron chi connectivity index (χ3n) is 4.01. The molecule has 1 fully saturated rings. The van der Waals surface area contributed by atoms with Gasteiger partial charge >= 0.3 is 0 Å². The lowest BCUT2D eigenvalue weighted by Crippen LogP contribution is -2.46. The molecule has 1 heterocycles. The number of nitrogens with one attached hydrogen (secondary N) is 1. The molecule has 1 aliphatic heterocycles. The quantitative estimate of drug-likeness (QED) is 0.723. The second-order valence-corrected chi connectivity index (χ2v) is 5.31. The Morgan fingerprint density at radius 1 is 1.28 bits per heavy atom. The van der Waals surface area contributed by atoms with Gasteiger partial charge < -0.3 is 15.3 Å². The Labute approximate surface area is 111 Å². The maximum Gasteiger partial charge on any atom is 0.239 e. The Kier molecular flexibility index (Phi) is 6.65. The number of hydrogen-bond acceptors (Lipinski definition) is 3.